The molecule has 0 radical (unpaired) electrons. The number of hydrogen-bond donors (Lipinski definition) is 1. The molecule has 0 amide bonds. The fourth-order valence-electron chi connectivity index (χ4n) is 4.80. The van der Waals surface area contributed by atoms with Gasteiger partial charge in [-0.1, -0.05) is 30.2 Å². The highest BCUT2D eigenvalue weighted by Crippen LogP contribution is 2.67. The third-order valence-corrected chi connectivity index (χ3v) is 6.24. The van der Waals surface area contributed by atoms with Crippen LogP contribution in [-0.4, -0.2) is 17.0 Å². The molecule has 0 bridgehead atoms. The minimum absolute atomic E-state index is 0.103. The second-order valence-electron chi connectivity index (χ2n) is 7.70. The molecule has 2 nitrogen and oxygen atoms in total. The molecule has 3 atom stereocenters. The number of hydrogen-bond acceptors (Lipinski definition) is 2. The lowest BCUT2D eigenvalue weighted by Gasteiger charge is -2.41. The maximum atomic E-state index is 12.3. The summed E-state index contributed by atoms with van der Waals surface area (Å²) in [6, 6.07) is 0. The number of rotatable bonds is 4. The van der Waals surface area contributed by atoms with Gasteiger partial charge in [0, 0.05) is 17.8 Å². The normalized spacial score (nSPS) is 36.2. The van der Waals surface area contributed by atoms with Gasteiger partial charge >= 0.3 is 0 Å². The van der Waals surface area contributed by atoms with Crippen LogP contribution >= 0.6 is 0 Å². The SMILES string of the molecule is CC(=CCC(C)O)C1(C2=CC[C@H]3C(=O)CCC[C@@]23C)CC1. The van der Waals surface area contributed by atoms with E-state index in [-0.39, 0.29) is 22.9 Å². The van der Waals surface area contributed by atoms with Gasteiger partial charge in [-0.05, 0) is 57.8 Å². The summed E-state index contributed by atoms with van der Waals surface area (Å²) < 4.78 is 0. The molecule has 3 aliphatic carbocycles. The molecule has 21 heavy (non-hydrogen) atoms. The molecular formula is C19H28O2. The van der Waals surface area contributed by atoms with E-state index < -0.39 is 0 Å². The average molecular weight is 288 g/mol. The van der Waals surface area contributed by atoms with Crippen molar-refractivity contribution in [2.45, 2.75) is 71.8 Å². The number of carbonyl (C=O) groups is 1. The fourth-order valence-corrected chi connectivity index (χ4v) is 4.80. The molecular weight excluding hydrogens is 260 g/mol. The number of Topliss-reactive ketones (excluding diaryl/α,β-unsaturated/α-hetero) is 1. The van der Waals surface area contributed by atoms with E-state index in [1.165, 1.54) is 24.8 Å². The van der Waals surface area contributed by atoms with Crippen LogP contribution in [0.5, 0.6) is 0 Å². The second kappa shape index (κ2) is 5.08. The van der Waals surface area contributed by atoms with E-state index in [1.807, 2.05) is 6.92 Å². The molecule has 0 aromatic carbocycles. The van der Waals surface area contributed by atoms with Gasteiger partial charge in [0.1, 0.15) is 5.78 Å². The predicted octanol–water partition coefficient (Wildman–Crippen LogP) is 4.19. The first kappa shape index (κ1) is 15.0. The third kappa shape index (κ3) is 2.32. The van der Waals surface area contributed by atoms with Gasteiger partial charge in [0.05, 0.1) is 6.10 Å². The van der Waals surface area contributed by atoms with Gasteiger partial charge in [0.2, 0.25) is 0 Å². The van der Waals surface area contributed by atoms with Gasteiger partial charge in [0.15, 0.2) is 0 Å². The Kier molecular flexibility index (Phi) is 3.64. The molecule has 3 aliphatic rings. The summed E-state index contributed by atoms with van der Waals surface area (Å²) in [5.41, 5.74) is 3.28. The minimum atomic E-state index is -0.270. The van der Waals surface area contributed by atoms with Crippen molar-refractivity contribution >= 4 is 5.78 Å². The summed E-state index contributed by atoms with van der Waals surface area (Å²) in [6.45, 7) is 6.39. The van der Waals surface area contributed by atoms with Crippen molar-refractivity contribution in [3.63, 3.8) is 0 Å². The van der Waals surface area contributed by atoms with E-state index in [0.29, 0.717) is 5.78 Å². The Morgan fingerprint density at radius 2 is 2.19 bits per heavy atom. The lowest BCUT2D eigenvalue weighted by molar-refractivity contribution is -0.128. The summed E-state index contributed by atoms with van der Waals surface area (Å²) in [7, 11) is 0. The quantitative estimate of drug-likeness (QED) is 0.788. The maximum absolute atomic E-state index is 12.3. The molecule has 3 rings (SSSR count). The molecule has 116 valence electrons. The monoisotopic (exact) mass is 288 g/mol. The van der Waals surface area contributed by atoms with E-state index in [2.05, 4.69) is 26.0 Å². The molecule has 0 saturated heterocycles. The van der Waals surface area contributed by atoms with Gasteiger partial charge in [0.25, 0.3) is 0 Å². The highest BCUT2D eigenvalue weighted by molar-refractivity contribution is 5.84. The molecule has 2 saturated carbocycles. The Morgan fingerprint density at radius 3 is 2.81 bits per heavy atom. The van der Waals surface area contributed by atoms with Crippen LogP contribution in [0, 0.1) is 16.7 Å². The van der Waals surface area contributed by atoms with Crippen molar-refractivity contribution in [1.29, 1.82) is 0 Å². The van der Waals surface area contributed by atoms with Crippen LogP contribution in [0.15, 0.2) is 23.3 Å². The van der Waals surface area contributed by atoms with Crippen LogP contribution in [0.25, 0.3) is 0 Å². The molecule has 2 fully saturated rings. The number of aliphatic hydroxyl groups is 1. The topological polar surface area (TPSA) is 37.3 Å². The van der Waals surface area contributed by atoms with Crippen molar-refractivity contribution in [3.05, 3.63) is 23.3 Å². The van der Waals surface area contributed by atoms with Gasteiger partial charge in [-0.3, -0.25) is 4.79 Å². The van der Waals surface area contributed by atoms with Crippen LogP contribution in [-0.2, 0) is 4.79 Å². The molecule has 0 aromatic heterocycles. The Bertz CT molecular complexity index is 508. The van der Waals surface area contributed by atoms with Crippen molar-refractivity contribution in [2.75, 3.05) is 0 Å². The summed E-state index contributed by atoms with van der Waals surface area (Å²) in [5.74, 6) is 0.722. The Hall–Kier alpha value is -0.890. The Labute approximate surface area is 128 Å². The zero-order chi connectivity index (χ0) is 15.3. The van der Waals surface area contributed by atoms with Gasteiger partial charge < -0.3 is 5.11 Å². The first-order valence-electron chi connectivity index (χ1n) is 8.49. The zero-order valence-electron chi connectivity index (χ0n) is 13.6. The lowest BCUT2D eigenvalue weighted by Crippen LogP contribution is -2.37. The maximum Gasteiger partial charge on any atom is 0.137 e. The van der Waals surface area contributed by atoms with E-state index in [4.69, 9.17) is 0 Å². The van der Waals surface area contributed by atoms with E-state index in [0.717, 1.165) is 25.7 Å². The van der Waals surface area contributed by atoms with E-state index in [1.54, 1.807) is 5.57 Å². The number of carbonyl (C=O) groups excluding carboxylic acids is 1. The molecule has 1 unspecified atom stereocenters. The highest BCUT2D eigenvalue weighted by atomic mass is 16.3. The van der Waals surface area contributed by atoms with Crippen LogP contribution < -0.4 is 0 Å². The largest absolute Gasteiger partial charge is 0.393 e. The van der Waals surface area contributed by atoms with Crippen LogP contribution in [0.2, 0.25) is 0 Å². The predicted molar refractivity (Wildman–Crippen MR) is 84.9 cm³/mol. The fraction of sp³-hybridized carbons (Fsp3) is 0.737. The van der Waals surface area contributed by atoms with E-state index in [9.17, 15) is 9.90 Å². The van der Waals surface area contributed by atoms with Crippen LogP contribution in [0.4, 0.5) is 0 Å². The third-order valence-electron chi connectivity index (χ3n) is 6.24. The molecule has 0 aromatic rings. The number of fused-ring (bicyclic) bond motifs is 1. The van der Waals surface area contributed by atoms with Gasteiger partial charge in [-0.25, -0.2) is 0 Å². The van der Waals surface area contributed by atoms with Crippen molar-refractivity contribution in [3.8, 4) is 0 Å². The first-order chi connectivity index (χ1) is 9.90. The minimum Gasteiger partial charge on any atom is -0.393 e. The van der Waals surface area contributed by atoms with Gasteiger partial charge in [-0.2, -0.15) is 0 Å². The molecule has 0 heterocycles. The smallest absolute Gasteiger partial charge is 0.137 e. The molecule has 1 N–H and O–H groups in total. The van der Waals surface area contributed by atoms with Crippen molar-refractivity contribution in [1.82, 2.24) is 0 Å². The van der Waals surface area contributed by atoms with Crippen molar-refractivity contribution < 1.29 is 9.90 Å². The average Bonchev–Trinajstić information content (AvgIpc) is 3.13. The number of allylic oxidation sites excluding steroid dienone is 3. The summed E-state index contributed by atoms with van der Waals surface area (Å²) >= 11 is 0. The second-order valence-corrected chi connectivity index (χ2v) is 7.70. The van der Waals surface area contributed by atoms with Gasteiger partial charge in [-0.15, -0.1) is 0 Å². The molecule has 2 heteroatoms. The molecule has 0 aliphatic heterocycles. The first-order valence-corrected chi connectivity index (χ1v) is 8.49. The standard InChI is InChI=1S/C19H28O2/c1-13(6-7-14(2)20)19(11-12-19)17-9-8-15-16(21)5-4-10-18(15,17)3/h6,9,14-15,20H,4-5,7-8,10-12H2,1-3H3/t14?,15-,18+/m0/s1. The Balaban J connectivity index is 1.87. The zero-order valence-corrected chi connectivity index (χ0v) is 13.6. The number of ketones is 1. The van der Waals surface area contributed by atoms with E-state index >= 15 is 0 Å². The molecule has 0 spiro atoms. The van der Waals surface area contributed by atoms with Crippen molar-refractivity contribution in [2.24, 2.45) is 16.7 Å². The van der Waals surface area contributed by atoms with Crippen LogP contribution in [0.1, 0.15) is 65.7 Å². The number of aliphatic hydroxyl groups excluding tert-OH is 1. The summed E-state index contributed by atoms with van der Waals surface area (Å²) in [6.07, 6.45) is 11.5. The highest BCUT2D eigenvalue weighted by Gasteiger charge is 2.58. The Morgan fingerprint density at radius 1 is 1.48 bits per heavy atom. The van der Waals surface area contributed by atoms with Crippen LogP contribution in [0.3, 0.4) is 0 Å². The lowest BCUT2D eigenvalue weighted by atomic mass is 9.62. The summed E-state index contributed by atoms with van der Waals surface area (Å²) in [5, 5.41) is 9.52. The summed E-state index contributed by atoms with van der Waals surface area (Å²) in [4.78, 5) is 12.3.